The monoisotopic (exact) mass is 372 g/mol. The normalized spacial score (nSPS) is 21.7. The van der Waals surface area contributed by atoms with Gasteiger partial charge in [-0.2, -0.15) is 0 Å². The van der Waals surface area contributed by atoms with Crippen molar-refractivity contribution in [2.45, 2.75) is 45.7 Å². The van der Waals surface area contributed by atoms with Crippen molar-refractivity contribution in [1.82, 2.24) is 10.2 Å². The first-order valence-corrected chi connectivity index (χ1v) is 9.07. The van der Waals surface area contributed by atoms with Crippen molar-refractivity contribution < 1.29 is 0 Å². The summed E-state index contributed by atoms with van der Waals surface area (Å²) in [5.74, 6) is 0.748. The number of benzene rings is 1. The van der Waals surface area contributed by atoms with Gasteiger partial charge >= 0.3 is 0 Å². The molecule has 21 heavy (non-hydrogen) atoms. The molecule has 1 N–H and O–H groups in total. The van der Waals surface area contributed by atoms with Gasteiger partial charge < -0.3 is 5.32 Å². The molecule has 118 valence electrons. The van der Waals surface area contributed by atoms with Crippen molar-refractivity contribution >= 4 is 27.5 Å². The Morgan fingerprint density at radius 2 is 2.14 bits per heavy atom. The third kappa shape index (κ3) is 4.95. The van der Waals surface area contributed by atoms with Gasteiger partial charge in [-0.3, -0.25) is 4.90 Å². The Balaban J connectivity index is 1.99. The first-order valence-electron chi connectivity index (χ1n) is 7.89. The number of hydrogen-bond donors (Lipinski definition) is 1. The molecule has 0 amide bonds. The molecule has 1 saturated heterocycles. The van der Waals surface area contributed by atoms with Gasteiger partial charge in [-0.05, 0) is 56.5 Å². The molecule has 0 aliphatic carbocycles. The van der Waals surface area contributed by atoms with E-state index in [9.17, 15) is 0 Å². The molecule has 1 aliphatic heterocycles. The lowest BCUT2D eigenvalue weighted by molar-refractivity contribution is 0.129. The van der Waals surface area contributed by atoms with E-state index in [0.717, 1.165) is 28.5 Å². The van der Waals surface area contributed by atoms with Crippen molar-refractivity contribution in [3.63, 3.8) is 0 Å². The Morgan fingerprint density at radius 3 is 2.81 bits per heavy atom. The summed E-state index contributed by atoms with van der Waals surface area (Å²) in [5.41, 5.74) is 1.23. The molecule has 2 rings (SSSR count). The number of piperidine rings is 1. The van der Waals surface area contributed by atoms with Crippen LogP contribution in [0.2, 0.25) is 5.02 Å². The molecule has 0 aromatic heterocycles. The summed E-state index contributed by atoms with van der Waals surface area (Å²) in [6.45, 7) is 10.1. The second-order valence-corrected chi connectivity index (χ2v) is 7.73. The zero-order valence-electron chi connectivity index (χ0n) is 13.2. The zero-order valence-corrected chi connectivity index (χ0v) is 15.5. The minimum absolute atomic E-state index is 0.382. The summed E-state index contributed by atoms with van der Waals surface area (Å²) < 4.78 is 1.04. The lowest BCUT2D eigenvalue weighted by Crippen LogP contribution is -2.42. The van der Waals surface area contributed by atoms with Gasteiger partial charge in [-0.1, -0.05) is 47.4 Å². The summed E-state index contributed by atoms with van der Waals surface area (Å²) in [4.78, 5) is 2.57. The molecular formula is C17H26BrClN2. The van der Waals surface area contributed by atoms with Crippen LogP contribution in [0, 0.1) is 5.92 Å². The molecule has 4 heteroatoms. The van der Waals surface area contributed by atoms with Crippen LogP contribution in [0.4, 0.5) is 0 Å². The van der Waals surface area contributed by atoms with Gasteiger partial charge in [0.25, 0.3) is 0 Å². The molecule has 1 aromatic rings. The Morgan fingerprint density at radius 1 is 1.38 bits per heavy atom. The van der Waals surface area contributed by atoms with Crippen LogP contribution in [0.15, 0.2) is 22.7 Å². The first-order chi connectivity index (χ1) is 9.97. The van der Waals surface area contributed by atoms with Crippen LogP contribution in [-0.4, -0.2) is 30.6 Å². The molecule has 0 radical (unpaired) electrons. The van der Waals surface area contributed by atoms with Crippen LogP contribution >= 0.6 is 27.5 Å². The average molecular weight is 374 g/mol. The SMILES string of the molecule is CC(C)NCC1CCCN(C(C)c2ccc(Br)cc2Cl)C1. The Bertz CT molecular complexity index is 464. The highest BCUT2D eigenvalue weighted by Gasteiger charge is 2.25. The Kier molecular flexibility index (Phi) is 6.54. The van der Waals surface area contributed by atoms with Crippen LogP contribution < -0.4 is 5.32 Å². The smallest absolute Gasteiger partial charge is 0.0464 e. The van der Waals surface area contributed by atoms with Crippen LogP contribution in [0.1, 0.15) is 45.2 Å². The number of hydrogen-bond acceptors (Lipinski definition) is 2. The molecule has 2 unspecified atom stereocenters. The van der Waals surface area contributed by atoms with Crippen molar-refractivity contribution in [1.29, 1.82) is 0 Å². The number of rotatable bonds is 5. The molecule has 0 spiro atoms. The summed E-state index contributed by atoms with van der Waals surface area (Å²) in [6, 6.07) is 7.17. The third-order valence-corrected chi connectivity index (χ3v) is 5.15. The summed E-state index contributed by atoms with van der Waals surface area (Å²) in [5, 5.41) is 4.43. The van der Waals surface area contributed by atoms with E-state index in [1.165, 1.54) is 24.9 Å². The van der Waals surface area contributed by atoms with Gasteiger partial charge in [0.15, 0.2) is 0 Å². The number of nitrogens with zero attached hydrogens (tertiary/aromatic N) is 1. The zero-order chi connectivity index (χ0) is 15.4. The van der Waals surface area contributed by atoms with Crippen molar-refractivity contribution in [3.05, 3.63) is 33.3 Å². The number of nitrogens with one attached hydrogen (secondary N) is 1. The Labute approximate surface area is 142 Å². The van der Waals surface area contributed by atoms with Gasteiger partial charge in [-0.15, -0.1) is 0 Å². The summed E-state index contributed by atoms with van der Waals surface area (Å²) >= 11 is 9.89. The van der Waals surface area contributed by atoms with Gasteiger partial charge in [0.1, 0.15) is 0 Å². The maximum absolute atomic E-state index is 6.41. The van der Waals surface area contributed by atoms with Gasteiger partial charge in [0.2, 0.25) is 0 Å². The fourth-order valence-electron chi connectivity index (χ4n) is 3.06. The van der Waals surface area contributed by atoms with Gasteiger partial charge in [0, 0.05) is 28.1 Å². The topological polar surface area (TPSA) is 15.3 Å². The van der Waals surface area contributed by atoms with Gasteiger partial charge in [-0.25, -0.2) is 0 Å². The van der Waals surface area contributed by atoms with Crippen molar-refractivity contribution in [3.8, 4) is 0 Å². The fourth-order valence-corrected chi connectivity index (χ4v) is 3.89. The average Bonchev–Trinajstić information content (AvgIpc) is 2.45. The van der Waals surface area contributed by atoms with E-state index in [0.29, 0.717) is 12.1 Å². The second-order valence-electron chi connectivity index (χ2n) is 6.41. The van der Waals surface area contributed by atoms with E-state index in [4.69, 9.17) is 11.6 Å². The predicted molar refractivity (Wildman–Crippen MR) is 95.0 cm³/mol. The second kappa shape index (κ2) is 7.96. The minimum atomic E-state index is 0.382. The van der Waals surface area contributed by atoms with E-state index < -0.39 is 0 Å². The molecule has 0 bridgehead atoms. The van der Waals surface area contributed by atoms with Crippen LogP contribution in [0.3, 0.4) is 0 Å². The highest BCUT2D eigenvalue weighted by molar-refractivity contribution is 9.10. The van der Waals surface area contributed by atoms with E-state index in [-0.39, 0.29) is 0 Å². The van der Waals surface area contributed by atoms with Gasteiger partial charge in [0.05, 0.1) is 0 Å². The molecule has 1 heterocycles. The summed E-state index contributed by atoms with van der Waals surface area (Å²) in [6.07, 6.45) is 2.61. The minimum Gasteiger partial charge on any atom is -0.314 e. The van der Waals surface area contributed by atoms with E-state index >= 15 is 0 Å². The molecule has 2 nitrogen and oxygen atoms in total. The Hall–Kier alpha value is -0.0900. The molecule has 1 aromatic carbocycles. The highest BCUT2D eigenvalue weighted by atomic mass is 79.9. The first kappa shape index (κ1) is 17.3. The van der Waals surface area contributed by atoms with E-state index in [1.807, 2.05) is 6.07 Å². The molecule has 1 fully saturated rings. The van der Waals surface area contributed by atoms with Crippen LogP contribution in [-0.2, 0) is 0 Å². The molecular weight excluding hydrogens is 348 g/mol. The third-order valence-electron chi connectivity index (χ3n) is 4.33. The largest absolute Gasteiger partial charge is 0.314 e. The quantitative estimate of drug-likeness (QED) is 0.792. The van der Waals surface area contributed by atoms with Crippen molar-refractivity contribution in [2.75, 3.05) is 19.6 Å². The lowest BCUT2D eigenvalue weighted by atomic mass is 9.95. The molecule has 1 aliphatic rings. The standard InChI is InChI=1S/C17H26BrClN2/c1-12(2)20-10-14-5-4-8-21(11-14)13(3)16-7-6-15(18)9-17(16)19/h6-7,9,12-14,20H,4-5,8,10-11H2,1-3H3. The molecule has 2 atom stereocenters. The maximum Gasteiger partial charge on any atom is 0.0464 e. The number of halogens is 2. The lowest BCUT2D eigenvalue weighted by Gasteiger charge is -2.37. The highest BCUT2D eigenvalue weighted by Crippen LogP contribution is 2.32. The van der Waals surface area contributed by atoms with E-state index in [2.05, 4.69) is 59.1 Å². The number of likely N-dealkylation sites (tertiary alicyclic amines) is 1. The maximum atomic E-state index is 6.41. The van der Waals surface area contributed by atoms with Crippen molar-refractivity contribution in [2.24, 2.45) is 5.92 Å². The van der Waals surface area contributed by atoms with Crippen LogP contribution in [0.25, 0.3) is 0 Å². The van der Waals surface area contributed by atoms with Crippen LogP contribution in [0.5, 0.6) is 0 Å². The molecule has 0 saturated carbocycles. The van der Waals surface area contributed by atoms with E-state index in [1.54, 1.807) is 0 Å². The summed E-state index contributed by atoms with van der Waals surface area (Å²) in [7, 11) is 0. The fraction of sp³-hybridized carbons (Fsp3) is 0.647. The predicted octanol–water partition coefficient (Wildman–Crippen LogP) is 4.87.